The van der Waals surface area contributed by atoms with E-state index in [0.717, 1.165) is 42.3 Å². The Kier molecular flexibility index (Phi) is 7.67. The fourth-order valence-corrected chi connectivity index (χ4v) is 3.52. The fraction of sp³-hybridized carbons (Fsp3) is 0.391. The van der Waals surface area contributed by atoms with Crippen LogP contribution in [-0.4, -0.2) is 36.4 Å². The van der Waals surface area contributed by atoms with E-state index in [2.05, 4.69) is 36.5 Å². The van der Waals surface area contributed by atoms with Crippen LogP contribution in [0.2, 0.25) is 5.02 Å². The lowest BCUT2D eigenvalue weighted by atomic mass is 10.1. The highest BCUT2D eigenvalue weighted by Gasteiger charge is 2.28. The maximum absolute atomic E-state index is 11.7. The van der Waals surface area contributed by atoms with Crippen molar-refractivity contribution in [3.8, 4) is 5.75 Å². The van der Waals surface area contributed by atoms with Gasteiger partial charge in [-0.05, 0) is 54.3 Å². The molecule has 0 bridgehead atoms. The highest BCUT2D eigenvalue weighted by molar-refractivity contribution is 6.30. The maximum Gasteiger partial charge on any atom is 0.229 e. The molecule has 2 aromatic carbocycles. The highest BCUT2D eigenvalue weighted by Crippen LogP contribution is 2.21. The average Bonchev–Trinajstić information content (AvgIpc) is 3.05. The molecule has 0 radical (unpaired) electrons. The number of amides is 2. The standard InChI is InChI=1S/C23H27ClN2O3/c1-2-19-15-18(16-25-12-11-17-3-6-20(24)7-4-17)5-8-21(19)29-14-13-26-22(27)9-10-23(26)28/h3-8,15,25H,2,9-14,16H2,1H3. The summed E-state index contributed by atoms with van der Waals surface area (Å²) in [6.07, 6.45) is 2.44. The van der Waals surface area contributed by atoms with Crippen LogP contribution in [0.1, 0.15) is 36.5 Å². The molecule has 0 spiro atoms. The van der Waals surface area contributed by atoms with Crippen molar-refractivity contribution >= 4 is 23.4 Å². The Morgan fingerprint density at radius 3 is 2.41 bits per heavy atom. The van der Waals surface area contributed by atoms with Gasteiger partial charge in [-0.15, -0.1) is 0 Å². The van der Waals surface area contributed by atoms with Gasteiger partial charge in [0.1, 0.15) is 12.4 Å². The Morgan fingerprint density at radius 1 is 1.03 bits per heavy atom. The van der Waals surface area contributed by atoms with E-state index in [1.807, 2.05) is 18.2 Å². The van der Waals surface area contributed by atoms with Crippen LogP contribution in [0.4, 0.5) is 0 Å². The van der Waals surface area contributed by atoms with E-state index in [1.165, 1.54) is 16.0 Å². The summed E-state index contributed by atoms with van der Waals surface area (Å²) in [6.45, 7) is 4.41. The zero-order valence-corrected chi connectivity index (χ0v) is 17.5. The molecule has 3 rings (SSSR count). The van der Waals surface area contributed by atoms with Gasteiger partial charge in [0.15, 0.2) is 0 Å². The van der Waals surface area contributed by atoms with Crippen molar-refractivity contribution in [1.29, 1.82) is 0 Å². The second-order valence-electron chi connectivity index (χ2n) is 7.14. The van der Waals surface area contributed by atoms with Crippen molar-refractivity contribution in [1.82, 2.24) is 10.2 Å². The van der Waals surface area contributed by atoms with Crippen LogP contribution < -0.4 is 10.1 Å². The predicted molar refractivity (Wildman–Crippen MR) is 114 cm³/mol. The summed E-state index contributed by atoms with van der Waals surface area (Å²) in [7, 11) is 0. The maximum atomic E-state index is 11.7. The molecule has 1 saturated heterocycles. The second kappa shape index (κ2) is 10.4. The minimum absolute atomic E-state index is 0.102. The highest BCUT2D eigenvalue weighted by atomic mass is 35.5. The molecule has 0 aliphatic carbocycles. The third-order valence-corrected chi connectivity index (χ3v) is 5.32. The monoisotopic (exact) mass is 414 g/mol. The normalized spacial score (nSPS) is 13.9. The number of benzene rings is 2. The first-order valence-corrected chi connectivity index (χ1v) is 10.5. The summed E-state index contributed by atoms with van der Waals surface area (Å²) < 4.78 is 5.86. The molecule has 2 aromatic rings. The molecule has 1 fully saturated rings. The summed E-state index contributed by atoms with van der Waals surface area (Å²) in [4.78, 5) is 24.6. The number of carbonyl (C=O) groups excluding carboxylic acids is 2. The smallest absolute Gasteiger partial charge is 0.229 e. The molecule has 154 valence electrons. The van der Waals surface area contributed by atoms with Crippen molar-refractivity contribution in [2.45, 2.75) is 39.2 Å². The molecule has 6 heteroatoms. The van der Waals surface area contributed by atoms with E-state index in [1.54, 1.807) is 0 Å². The van der Waals surface area contributed by atoms with Crippen LogP contribution >= 0.6 is 11.6 Å². The molecule has 0 unspecified atom stereocenters. The van der Waals surface area contributed by atoms with Gasteiger partial charge in [-0.1, -0.05) is 42.8 Å². The first kappa shape index (κ1) is 21.3. The van der Waals surface area contributed by atoms with Crippen molar-refractivity contribution in [3.63, 3.8) is 0 Å². The second-order valence-corrected chi connectivity index (χ2v) is 7.57. The number of ether oxygens (including phenoxy) is 1. The summed E-state index contributed by atoms with van der Waals surface area (Å²) in [6, 6.07) is 14.1. The molecule has 1 aliphatic heterocycles. The molecule has 0 saturated carbocycles. The van der Waals surface area contributed by atoms with Crippen LogP contribution in [0.25, 0.3) is 0 Å². The van der Waals surface area contributed by atoms with E-state index < -0.39 is 0 Å². The van der Waals surface area contributed by atoms with E-state index in [4.69, 9.17) is 16.3 Å². The third-order valence-electron chi connectivity index (χ3n) is 5.07. The number of likely N-dealkylation sites (tertiary alicyclic amines) is 1. The quantitative estimate of drug-likeness (QED) is 0.475. The molecule has 5 nitrogen and oxygen atoms in total. The van der Waals surface area contributed by atoms with Gasteiger partial charge < -0.3 is 10.1 Å². The van der Waals surface area contributed by atoms with Gasteiger partial charge in [0.2, 0.25) is 11.8 Å². The molecular formula is C23H27ClN2O3. The number of imide groups is 1. The van der Waals surface area contributed by atoms with Crippen LogP contribution in [-0.2, 0) is 29.0 Å². The van der Waals surface area contributed by atoms with Crippen LogP contribution in [0.15, 0.2) is 42.5 Å². The number of aryl methyl sites for hydroxylation is 1. The summed E-state index contributed by atoms with van der Waals surface area (Å²) >= 11 is 5.91. The van der Waals surface area contributed by atoms with Gasteiger partial charge in [-0.2, -0.15) is 0 Å². The van der Waals surface area contributed by atoms with Gasteiger partial charge in [0.05, 0.1) is 6.54 Å². The molecular weight excluding hydrogens is 388 g/mol. The van der Waals surface area contributed by atoms with E-state index >= 15 is 0 Å². The predicted octanol–water partition coefficient (Wildman–Crippen LogP) is 3.76. The number of hydrogen-bond donors (Lipinski definition) is 1. The first-order valence-electron chi connectivity index (χ1n) is 10.1. The molecule has 2 amide bonds. The van der Waals surface area contributed by atoms with E-state index in [9.17, 15) is 9.59 Å². The van der Waals surface area contributed by atoms with Crippen LogP contribution in [0, 0.1) is 0 Å². The lowest BCUT2D eigenvalue weighted by molar-refractivity contribution is -0.138. The topological polar surface area (TPSA) is 58.6 Å². The largest absolute Gasteiger partial charge is 0.491 e. The summed E-state index contributed by atoms with van der Waals surface area (Å²) in [5.41, 5.74) is 3.59. The Balaban J connectivity index is 1.45. The number of rotatable bonds is 10. The van der Waals surface area contributed by atoms with Crippen molar-refractivity contribution in [3.05, 3.63) is 64.2 Å². The minimum atomic E-state index is -0.102. The number of nitrogens with zero attached hydrogens (tertiary/aromatic N) is 1. The number of nitrogens with one attached hydrogen (secondary N) is 1. The minimum Gasteiger partial charge on any atom is -0.491 e. The van der Waals surface area contributed by atoms with Gasteiger partial charge in [0.25, 0.3) is 0 Å². The lowest BCUT2D eigenvalue weighted by Gasteiger charge is -2.16. The van der Waals surface area contributed by atoms with Crippen molar-refractivity contribution in [2.24, 2.45) is 0 Å². The van der Waals surface area contributed by atoms with Crippen molar-refractivity contribution < 1.29 is 14.3 Å². The molecule has 1 N–H and O–H groups in total. The SMILES string of the molecule is CCc1cc(CNCCc2ccc(Cl)cc2)ccc1OCCN1C(=O)CCC1=O. The first-order chi connectivity index (χ1) is 14.1. The van der Waals surface area contributed by atoms with Gasteiger partial charge >= 0.3 is 0 Å². The molecule has 1 heterocycles. The Labute approximate surface area is 177 Å². The lowest BCUT2D eigenvalue weighted by Crippen LogP contribution is -2.33. The third kappa shape index (κ3) is 6.05. The summed E-state index contributed by atoms with van der Waals surface area (Å²) in [5.74, 6) is 0.611. The zero-order valence-electron chi connectivity index (χ0n) is 16.7. The molecule has 0 atom stereocenters. The number of halogens is 1. The van der Waals surface area contributed by atoms with E-state index in [0.29, 0.717) is 26.0 Å². The summed E-state index contributed by atoms with van der Waals surface area (Å²) in [5, 5.41) is 4.23. The fourth-order valence-electron chi connectivity index (χ4n) is 3.40. The number of carbonyl (C=O) groups is 2. The van der Waals surface area contributed by atoms with Gasteiger partial charge in [0, 0.05) is 24.4 Å². The Hall–Kier alpha value is -2.37. The zero-order chi connectivity index (χ0) is 20.6. The average molecular weight is 415 g/mol. The molecule has 0 aromatic heterocycles. The van der Waals surface area contributed by atoms with Crippen LogP contribution in [0.5, 0.6) is 5.75 Å². The van der Waals surface area contributed by atoms with Gasteiger partial charge in [-0.25, -0.2) is 0 Å². The van der Waals surface area contributed by atoms with Gasteiger partial charge in [-0.3, -0.25) is 14.5 Å². The van der Waals surface area contributed by atoms with Crippen LogP contribution in [0.3, 0.4) is 0 Å². The molecule has 1 aliphatic rings. The Bertz CT molecular complexity index is 836. The van der Waals surface area contributed by atoms with Crippen molar-refractivity contribution in [2.75, 3.05) is 19.7 Å². The Morgan fingerprint density at radius 2 is 1.72 bits per heavy atom. The number of hydrogen-bond acceptors (Lipinski definition) is 4. The molecule has 29 heavy (non-hydrogen) atoms. The van der Waals surface area contributed by atoms with E-state index in [-0.39, 0.29) is 11.8 Å².